The van der Waals surface area contributed by atoms with Gasteiger partial charge in [-0.1, -0.05) is 44.0 Å². The van der Waals surface area contributed by atoms with Crippen LogP contribution in [0.5, 0.6) is 0 Å². The molecule has 0 fully saturated rings. The van der Waals surface area contributed by atoms with Crippen LogP contribution in [0.15, 0.2) is 10.7 Å². The van der Waals surface area contributed by atoms with E-state index < -0.39 is 0 Å². The lowest BCUT2D eigenvalue weighted by molar-refractivity contribution is 0.392. The molecule has 0 spiro atoms. The van der Waals surface area contributed by atoms with Crippen molar-refractivity contribution in [3.63, 3.8) is 0 Å². The maximum Gasteiger partial charge on any atom is 0.199 e. The summed E-state index contributed by atoms with van der Waals surface area (Å²) in [6, 6.07) is 1.90. The maximum absolute atomic E-state index is 10.4. The summed E-state index contributed by atoms with van der Waals surface area (Å²) in [5.41, 5.74) is -0.113. The molecule has 0 aliphatic heterocycles. The normalized spacial score (nSPS) is 13.0. The van der Waals surface area contributed by atoms with E-state index in [2.05, 4.69) is 10.1 Å². The van der Waals surface area contributed by atoms with Gasteiger partial charge >= 0.3 is 0 Å². The number of aryl methyl sites for hydroxylation is 1. The molecular formula is C14H14Cl2N4O2. The quantitative estimate of drug-likeness (QED) is 0.660. The SMILES string of the molecule is Cn1nc(Cl)c(C(O)=C(C#N)c2coc(C(C)(C)C)n2)c1Cl. The lowest BCUT2D eigenvalue weighted by Crippen LogP contribution is -2.11. The second-order valence-corrected chi connectivity index (χ2v) is 6.42. The summed E-state index contributed by atoms with van der Waals surface area (Å²) >= 11 is 12.0. The average Bonchev–Trinajstić information content (AvgIpc) is 2.97. The van der Waals surface area contributed by atoms with Crippen LogP contribution in [0.1, 0.15) is 37.9 Å². The van der Waals surface area contributed by atoms with Crippen LogP contribution in [0.25, 0.3) is 11.3 Å². The zero-order chi connectivity index (χ0) is 16.7. The minimum absolute atomic E-state index is 0.00251. The van der Waals surface area contributed by atoms with Gasteiger partial charge in [0.2, 0.25) is 0 Å². The summed E-state index contributed by atoms with van der Waals surface area (Å²) < 4.78 is 6.67. The fourth-order valence-electron chi connectivity index (χ4n) is 1.76. The number of aliphatic hydroxyl groups excluding tert-OH is 1. The molecule has 2 rings (SSSR count). The highest BCUT2D eigenvalue weighted by molar-refractivity contribution is 6.36. The van der Waals surface area contributed by atoms with E-state index in [1.807, 2.05) is 26.8 Å². The molecule has 2 aromatic rings. The molecule has 0 radical (unpaired) electrons. The van der Waals surface area contributed by atoms with Gasteiger partial charge < -0.3 is 9.52 Å². The van der Waals surface area contributed by atoms with Gasteiger partial charge in [0.25, 0.3) is 0 Å². The zero-order valence-electron chi connectivity index (χ0n) is 12.5. The summed E-state index contributed by atoms with van der Waals surface area (Å²) in [7, 11) is 1.57. The van der Waals surface area contributed by atoms with Crippen molar-refractivity contribution in [1.82, 2.24) is 14.8 Å². The third-order valence-electron chi connectivity index (χ3n) is 2.92. The Bertz CT molecular complexity index is 791. The van der Waals surface area contributed by atoms with Gasteiger partial charge in [0.1, 0.15) is 34.5 Å². The van der Waals surface area contributed by atoms with E-state index in [-0.39, 0.29) is 38.3 Å². The van der Waals surface area contributed by atoms with Gasteiger partial charge in [0.05, 0.1) is 5.56 Å². The molecule has 116 valence electrons. The fraction of sp³-hybridized carbons (Fsp3) is 0.357. The van der Waals surface area contributed by atoms with Crippen molar-refractivity contribution in [2.45, 2.75) is 26.2 Å². The standard InChI is InChI=1S/C14H14Cl2N4O2/c1-14(2,3)13-18-8(6-22-13)7(5-17)10(21)9-11(15)19-20(4)12(9)16/h6,21H,1-4H3. The molecule has 2 heterocycles. The Hall–Kier alpha value is -1.97. The lowest BCUT2D eigenvalue weighted by Gasteiger charge is -2.11. The van der Waals surface area contributed by atoms with Gasteiger partial charge in [0.15, 0.2) is 11.0 Å². The number of halogens is 2. The molecular weight excluding hydrogens is 327 g/mol. The molecule has 0 bridgehead atoms. The van der Waals surface area contributed by atoms with Gasteiger partial charge in [-0.15, -0.1) is 0 Å². The van der Waals surface area contributed by atoms with Crippen LogP contribution >= 0.6 is 23.2 Å². The van der Waals surface area contributed by atoms with Gasteiger partial charge in [-0.25, -0.2) is 4.98 Å². The Morgan fingerprint density at radius 3 is 2.45 bits per heavy atom. The van der Waals surface area contributed by atoms with Crippen molar-refractivity contribution >= 4 is 34.5 Å². The summed E-state index contributed by atoms with van der Waals surface area (Å²) in [6.07, 6.45) is 1.31. The molecule has 0 atom stereocenters. The fourth-order valence-corrected chi connectivity index (χ4v) is 2.32. The molecule has 0 saturated carbocycles. The minimum atomic E-state index is -0.389. The molecule has 22 heavy (non-hydrogen) atoms. The van der Waals surface area contributed by atoms with Crippen LogP contribution in [0.4, 0.5) is 0 Å². The summed E-state index contributed by atoms with van der Waals surface area (Å²) in [5.74, 6) is 0.0609. The van der Waals surface area contributed by atoms with Gasteiger partial charge in [0, 0.05) is 12.5 Å². The number of nitriles is 1. The highest BCUT2D eigenvalue weighted by Gasteiger charge is 2.25. The van der Waals surface area contributed by atoms with Gasteiger partial charge in [-0.05, 0) is 0 Å². The maximum atomic E-state index is 10.4. The summed E-state index contributed by atoms with van der Waals surface area (Å²) in [6.45, 7) is 5.77. The molecule has 6 nitrogen and oxygen atoms in total. The first-order valence-electron chi connectivity index (χ1n) is 6.35. The number of aromatic nitrogens is 3. The van der Waals surface area contributed by atoms with E-state index in [0.29, 0.717) is 5.89 Å². The van der Waals surface area contributed by atoms with Crippen LogP contribution in [0.3, 0.4) is 0 Å². The predicted molar refractivity (Wildman–Crippen MR) is 83.5 cm³/mol. The Balaban J connectivity index is 2.60. The van der Waals surface area contributed by atoms with Gasteiger partial charge in [-0.3, -0.25) is 4.68 Å². The van der Waals surface area contributed by atoms with Crippen molar-refractivity contribution in [2.24, 2.45) is 7.05 Å². The third kappa shape index (κ3) is 2.82. The molecule has 0 aliphatic rings. The van der Waals surface area contributed by atoms with Gasteiger partial charge in [-0.2, -0.15) is 10.4 Å². The van der Waals surface area contributed by atoms with Crippen molar-refractivity contribution < 1.29 is 9.52 Å². The van der Waals surface area contributed by atoms with E-state index in [0.717, 1.165) is 0 Å². The number of aliphatic hydroxyl groups is 1. The predicted octanol–water partition coefficient (Wildman–Crippen LogP) is 3.96. The largest absolute Gasteiger partial charge is 0.506 e. The number of allylic oxidation sites excluding steroid dienone is 1. The molecule has 1 N–H and O–H groups in total. The summed E-state index contributed by atoms with van der Waals surface area (Å²) in [4.78, 5) is 4.24. The Morgan fingerprint density at radius 2 is 2.05 bits per heavy atom. The van der Waals surface area contributed by atoms with E-state index in [1.54, 1.807) is 7.05 Å². The second-order valence-electron chi connectivity index (χ2n) is 5.70. The number of rotatable bonds is 2. The smallest absolute Gasteiger partial charge is 0.199 e. The van der Waals surface area contributed by atoms with Crippen molar-refractivity contribution in [3.8, 4) is 6.07 Å². The molecule has 0 unspecified atom stereocenters. The minimum Gasteiger partial charge on any atom is -0.506 e. The first-order valence-corrected chi connectivity index (χ1v) is 7.10. The number of hydrogen-bond acceptors (Lipinski definition) is 5. The molecule has 0 saturated heterocycles. The Labute approximate surface area is 137 Å². The van der Waals surface area contributed by atoms with E-state index in [9.17, 15) is 10.4 Å². The number of hydrogen-bond donors (Lipinski definition) is 1. The zero-order valence-corrected chi connectivity index (χ0v) is 14.0. The van der Waals surface area contributed by atoms with Crippen LogP contribution in [-0.2, 0) is 12.5 Å². The first kappa shape index (κ1) is 16.4. The molecule has 0 aromatic carbocycles. The van der Waals surface area contributed by atoms with Crippen LogP contribution in [-0.4, -0.2) is 19.9 Å². The van der Waals surface area contributed by atoms with Crippen LogP contribution in [0, 0.1) is 11.3 Å². The Kier molecular flexibility index (Phi) is 4.23. The van der Waals surface area contributed by atoms with Crippen molar-refractivity contribution in [2.75, 3.05) is 0 Å². The molecule has 0 amide bonds. The molecule has 8 heteroatoms. The second kappa shape index (κ2) is 5.67. The summed E-state index contributed by atoms with van der Waals surface area (Å²) in [5, 5.41) is 23.7. The number of oxazole rings is 1. The van der Waals surface area contributed by atoms with Crippen molar-refractivity contribution in [3.05, 3.63) is 33.7 Å². The molecule has 2 aromatic heterocycles. The third-order valence-corrected chi connectivity index (χ3v) is 3.62. The van der Waals surface area contributed by atoms with E-state index >= 15 is 0 Å². The highest BCUT2D eigenvalue weighted by Crippen LogP contribution is 2.34. The van der Waals surface area contributed by atoms with E-state index in [1.165, 1.54) is 10.9 Å². The van der Waals surface area contributed by atoms with E-state index in [4.69, 9.17) is 27.6 Å². The molecule has 0 aliphatic carbocycles. The van der Waals surface area contributed by atoms with Crippen LogP contribution in [0.2, 0.25) is 10.3 Å². The number of nitrogens with zero attached hydrogens (tertiary/aromatic N) is 4. The first-order chi connectivity index (χ1) is 10.2. The topological polar surface area (TPSA) is 87.9 Å². The lowest BCUT2D eigenvalue weighted by atomic mass is 9.97. The van der Waals surface area contributed by atoms with Crippen molar-refractivity contribution in [1.29, 1.82) is 5.26 Å². The Morgan fingerprint density at radius 1 is 1.41 bits per heavy atom. The average molecular weight is 341 g/mol. The van der Waals surface area contributed by atoms with Crippen LogP contribution < -0.4 is 0 Å². The monoisotopic (exact) mass is 340 g/mol. The highest BCUT2D eigenvalue weighted by atomic mass is 35.5.